The smallest absolute Gasteiger partial charge is 0.255 e. The number of amides is 4. The Labute approximate surface area is 306 Å². The minimum absolute atomic E-state index is 0.105. The van der Waals surface area contributed by atoms with E-state index in [1.165, 1.54) is 16.7 Å². The molecule has 0 aromatic heterocycles. The van der Waals surface area contributed by atoms with Crippen molar-refractivity contribution < 1.29 is 29.0 Å². The van der Waals surface area contributed by atoms with Crippen molar-refractivity contribution >= 4 is 58.1 Å². The SMILES string of the molecule is O=C(CCSc1cccc2c1CN(C1CCC(=O)NC1=O)C2=O)NCCOc1ccc(/C(=C(/CCCl)c2ccccc2)c2ccc(O)cc2)cc1. The largest absolute Gasteiger partial charge is 0.508 e. The van der Waals surface area contributed by atoms with Gasteiger partial charge < -0.3 is 20.1 Å². The maximum Gasteiger partial charge on any atom is 0.255 e. The van der Waals surface area contributed by atoms with Gasteiger partial charge in [0.15, 0.2) is 0 Å². The number of allylic oxidation sites excluding steroid dienone is 1. The Morgan fingerprint density at radius 1 is 0.902 bits per heavy atom. The molecule has 51 heavy (non-hydrogen) atoms. The first-order valence-electron chi connectivity index (χ1n) is 16.9. The number of carbonyl (C=O) groups is 4. The molecule has 3 N–H and O–H groups in total. The van der Waals surface area contributed by atoms with Crippen molar-refractivity contribution in [3.63, 3.8) is 0 Å². The number of carbonyl (C=O) groups excluding carboxylic acids is 4. The molecule has 0 radical (unpaired) electrons. The molecule has 0 saturated carbocycles. The van der Waals surface area contributed by atoms with E-state index < -0.39 is 11.9 Å². The lowest BCUT2D eigenvalue weighted by molar-refractivity contribution is -0.137. The van der Waals surface area contributed by atoms with Crippen molar-refractivity contribution in [1.82, 2.24) is 15.5 Å². The van der Waals surface area contributed by atoms with Crippen LogP contribution in [0.1, 0.15) is 58.3 Å². The predicted octanol–water partition coefficient (Wildman–Crippen LogP) is 6.42. The van der Waals surface area contributed by atoms with Crippen molar-refractivity contribution in [2.75, 3.05) is 24.8 Å². The van der Waals surface area contributed by atoms with Gasteiger partial charge in [0.05, 0.1) is 6.54 Å². The third kappa shape index (κ3) is 8.64. The monoisotopic (exact) mass is 723 g/mol. The Morgan fingerprint density at radius 3 is 2.33 bits per heavy atom. The Bertz CT molecular complexity index is 1930. The van der Waals surface area contributed by atoms with Gasteiger partial charge in [-0.05, 0) is 82.6 Å². The first-order valence-corrected chi connectivity index (χ1v) is 18.4. The zero-order valence-corrected chi connectivity index (χ0v) is 29.5. The van der Waals surface area contributed by atoms with Crippen LogP contribution in [-0.4, -0.2) is 64.5 Å². The zero-order valence-electron chi connectivity index (χ0n) is 27.9. The molecule has 2 aliphatic heterocycles. The normalized spacial score (nSPS) is 16.0. The minimum atomic E-state index is -0.667. The molecule has 0 bridgehead atoms. The highest BCUT2D eigenvalue weighted by molar-refractivity contribution is 7.99. The maximum absolute atomic E-state index is 13.1. The van der Waals surface area contributed by atoms with Crippen molar-refractivity contribution in [3.05, 3.63) is 125 Å². The number of phenolic OH excluding ortho intramolecular Hbond substituents is 1. The quantitative estimate of drug-likeness (QED) is 0.0451. The molecule has 0 spiro atoms. The summed E-state index contributed by atoms with van der Waals surface area (Å²) >= 11 is 7.77. The second-order valence-electron chi connectivity index (χ2n) is 12.2. The summed E-state index contributed by atoms with van der Waals surface area (Å²) in [6, 6.07) is 29.9. The summed E-state index contributed by atoms with van der Waals surface area (Å²) in [5.41, 5.74) is 6.56. The number of halogens is 1. The van der Waals surface area contributed by atoms with Crippen LogP contribution in [0.4, 0.5) is 0 Å². The summed E-state index contributed by atoms with van der Waals surface area (Å²) in [6.07, 6.45) is 1.46. The number of thioether (sulfide) groups is 1. The molecule has 0 aliphatic carbocycles. The van der Waals surface area contributed by atoms with E-state index >= 15 is 0 Å². The van der Waals surface area contributed by atoms with E-state index in [1.54, 1.807) is 18.2 Å². The average Bonchev–Trinajstić information content (AvgIpc) is 3.48. The summed E-state index contributed by atoms with van der Waals surface area (Å²) in [6.45, 7) is 0.934. The van der Waals surface area contributed by atoms with Crippen LogP contribution in [0, 0.1) is 0 Å². The number of alkyl halides is 1. The fourth-order valence-corrected chi connectivity index (χ4v) is 7.62. The summed E-state index contributed by atoms with van der Waals surface area (Å²) in [5.74, 6) is 0.766. The molecule has 4 amide bonds. The summed E-state index contributed by atoms with van der Waals surface area (Å²) < 4.78 is 5.94. The predicted molar refractivity (Wildman–Crippen MR) is 199 cm³/mol. The maximum atomic E-state index is 13.1. The molecule has 4 aromatic rings. The van der Waals surface area contributed by atoms with Crippen molar-refractivity contribution in [2.45, 2.75) is 43.2 Å². The van der Waals surface area contributed by atoms with Gasteiger partial charge in [-0.3, -0.25) is 24.5 Å². The number of phenols is 1. The molecule has 2 aliphatic rings. The molecule has 2 heterocycles. The van der Waals surface area contributed by atoms with Crippen molar-refractivity contribution in [2.24, 2.45) is 0 Å². The van der Waals surface area contributed by atoms with Crippen molar-refractivity contribution in [3.8, 4) is 11.5 Å². The molecule has 1 atom stereocenters. The minimum Gasteiger partial charge on any atom is -0.508 e. The first kappa shape index (κ1) is 35.8. The second kappa shape index (κ2) is 16.8. The molecule has 4 aromatic carbocycles. The van der Waals surface area contributed by atoms with Crippen LogP contribution in [0.3, 0.4) is 0 Å². The standard InChI is InChI=1S/C40H38ClN3O6S/c41-21-19-31(26-5-2-1-3-6-26)38(27-9-13-29(45)14-10-27)28-11-15-30(16-12-28)50-23-22-42-36(46)20-24-51-35-8-4-7-32-33(35)25-44(40(32)49)34-17-18-37(47)43-39(34)48/h1-16,34,45H,17-25H2,(H,42,46)(H,43,47,48)/b38-31-. The number of nitrogens with zero attached hydrogens (tertiary/aromatic N) is 1. The zero-order chi connectivity index (χ0) is 35.7. The van der Waals surface area contributed by atoms with Crippen LogP contribution in [-0.2, 0) is 20.9 Å². The van der Waals surface area contributed by atoms with Crippen LogP contribution < -0.4 is 15.4 Å². The average molecular weight is 724 g/mol. The highest BCUT2D eigenvalue weighted by Crippen LogP contribution is 2.37. The van der Waals surface area contributed by atoms with Gasteiger partial charge in [-0.2, -0.15) is 0 Å². The highest BCUT2D eigenvalue weighted by Gasteiger charge is 2.39. The van der Waals surface area contributed by atoms with E-state index in [1.807, 2.05) is 66.7 Å². The molecular weight excluding hydrogens is 686 g/mol. The highest BCUT2D eigenvalue weighted by atomic mass is 35.5. The van der Waals surface area contributed by atoms with E-state index in [0.717, 1.165) is 38.3 Å². The first-order chi connectivity index (χ1) is 24.8. The molecular formula is C40H38ClN3O6S. The molecule has 6 rings (SSSR count). The van der Waals surface area contributed by atoms with Gasteiger partial charge in [0.25, 0.3) is 5.91 Å². The number of fused-ring (bicyclic) bond motifs is 1. The van der Waals surface area contributed by atoms with Crippen LogP contribution in [0.5, 0.6) is 11.5 Å². The van der Waals surface area contributed by atoms with Crippen LogP contribution in [0.15, 0.2) is 102 Å². The number of aromatic hydroxyl groups is 1. The summed E-state index contributed by atoms with van der Waals surface area (Å²) in [7, 11) is 0. The topological polar surface area (TPSA) is 125 Å². The van der Waals surface area contributed by atoms with Gasteiger partial charge in [-0.15, -0.1) is 23.4 Å². The fourth-order valence-electron chi connectivity index (χ4n) is 6.40. The van der Waals surface area contributed by atoms with E-state index in [4.69, 9.17) is 16.3 Å². The van der Waals surface area contributed by atoms with Gasteiger partial charge in [0.2, 0.25) is 17.7 Å². The number of hydrogen-bond acceptors (Lipinski definition) is 7. The number of benzene rings is 4. The molecule has 1 unspecified atom stereocenters. The summed E-state index contributed by atoms with van der Waals surface area (Å²) in [5, 5.41) is 15.2. The lowest BCUT2D eigenvalue weighted by Gasteiger charge is -2.29. The van der Waals surface area contributed by atoms with Crippen LogP contribution in [0.2, 0.25) is 0 Å². The third-order valence-electron chi connectivity index (χ3n) is 8.89. The Morgan fingerprint density at radius 2 is 1.63 bits per heavy atom. The van der Waals surface area contributed by atoms with E-state index in [-0.39, 0.29) is 36.3 Å². The Kier molecular flexibility index (Phi) is 11.8. The lowest BCUT2D eigenvalue weighted by Crippen LogP contribution is -2.52. The van der Waals surface area contributed by atoms with Gasteiger partial charge in [-0.25, -0.2) is 0 Å². The van der Waals surface area contributed by atoms with E-state index in [9.17, 15) is 24.3 Å². The van der Waals surface area contributed by atoms with Gasteiger partial charge >= 0.3 is 0 Å². The van der Waals surface area contributed by atoms with E-state index in [2.05, 4.69) is 22.8 Å². The molecule has 1 fully saturated rings. The van der Waals surface area contributed by atoms with Crippen molar-refractivity contribution in [1.29, 1.82) is 0 Å². The number of nitrogens with one attached hydrogen (secondary N) is 2. The summed E-state index contributed by atoms with van der Waals surface area (Å²) in [4.78, 5) is 52.1. The number of hydrogen-bond donors (Lipinski definition) is 3. The molecule has 262 valence electrons. The van der Waals surface area contributed by atoms with Crippen LogP contribution in [0.25, 0.3) is 11.1 Å². The van der Waals surface area contributed by atoms with Gasteiger partial charge in [0, 0.05) is 41.5 Å². The molecule has 11 heteroatoms. The Balaban J connectivity index is 1.00. The van der Waals surface area contributed by atoms with Crippen LogP contribution >= 0.6 is 23.4 Å². The number of rotatable bonds is 14. The number of imide groups is 1. The number of piperidine rings is 1. The molecule has 1 saturated heterocycles. The Hall–Kier alpha value is -5.06. The molecule has 9 nitrogen and oxygen atoms in total. The van der Waals surface area contributed by atoms with E-state index in [0.29, 0.717) is 55.5 Å². The lowest BCUT2D eigenvalue weighted by atomic mass is 9.88. The third-order valence-corrected chi connectivity index (χ3v) is 10.2. The fraction of sp³-hybridized carbons (Fsp3) is 0.250. The second-order valence-corrected chi connectivity index (χ2v) is 13.7. The van der Waals surface area contributed by atoms with Gasteiger partial charge in [0.1, 0.15) is 24.1 Å². The van der Waals surface area contributed by atoms with Gasteiger partial charge in [-0.1, -0.05) is 60.7 Å². The number of ether oxygens (including phenoxy) is 1.